The maximum absolute atomic E-state index is 11.5. The van der Waals surface area contributed by atoms with Crippen molar-refractivity contribution in [1.82, 2.24) is 5.01 Å². The van der Waals surface area contributed by atoms with Crippen LogP contribution in [0.15, 0.2) is 33.7 Å². The Morgan fingerprint density at radius 2 is 2.18 bits per heavy atom. The fourth-order valence-electron chi connectivity index (χ4n) is 1.65. The Bertz CT molecular complexity index is 484. The van der Waals surface area contributed by atoms with E-state index in [2.05, 4.69) is 10.1 Å². The van der Waals surface area contributed by atoms with Gasteiger partial charge in [-0.1, -0.05) is 0 Å². The molecule has 5 nitrogen and oxygen atoms in total. The molecule has 2 rings (SSSR count). The minimum atomic E-state index is -0.331. The van der Waals surface area contributed by atoms with Gasteiger partial charge in [0.1, 0.15) is 5.76 Å². The van der Waals surface area contributed by atoms with E-state index in [1.807, 2.05) is 13.8 Å². The summed E-state index contributed by atoms with van der Waals surface area (Å²) in [5, 5.41) is 5.84. The van der Waals surface area contributed by atoms with Gasteiger partial charge in [-0.2, -0.15) is 5.10 Å². The van der Waals surface area contributed by atoms with Crippen molar-refractivity contribution in [3.05, 3.63) is 23.6 Å². The van der Waals surface area contributed by atoms with Gasteiger partial charge in [0.25, 0.3) is 0 Å². The van der Waals surface area contributed by atoms with Crippen LogP contribution >= 0.6 is 0 Å². The van der Waals surface area contributed by atoms with Crippen molar-refractivity contribution in [2.24, 2.45) is 10.1 Å². The lowest BCUT2D eigenvalue weighted by molar-refractivity contribution is -0.113. The molecule has 0 N–H and O–H groups in total. The molecular formula is C12H15N3O2. The van der Waals surface area contributed by atoms with Crippen LogP contribution in [0.2, 0.25) is 0 Å². The molecule has 0 bridgehead atoms. The molecule has 0 unspecified atom stereocenters. The highest BCUT2D eigenvalue weighted by Crippen LogP contribution is 2.23. The topological polar surface area (TPSA) is 54.3 Å². The number of rotatable bonds is 2. The lowest BCUT2D eigenvalue weighted by Gasteiger charge is -2.29. The maximum Gasteiger partial charge on any atom is 0.165 e. The molecule has 0 saturated carbocycles. The van der Waals surface area contributed by atoms with E-state index < -0.39 is 0 Å². The molecule has 0 spiro atoms. The Labute approximate surface area is 100 Å². The number of hydrogen-bond donors (Lipinski definition) is 0. The first-order chi connectivity index (χ1) is 7.93. The SMILES string of the molecule is COC1=CC2=NC(C)(C)C=NN2C=C1C(C)=O. The number of carbonyl (C=O) groups excluding carboxylic acids is 1. The summed E-state index contributed by atoms with van der Waals surface area (Å²) in [5.41, 5.74) is 0.172. The average Bonchev–Trinajstić information content (AvgIpc) is 2.25. The average molecular weight is 233 g/mol. The molecular weight excluding hydrogens is 218 g/mol. The first-order valence-electron chi connectivity index (χ1n) is 5.36. The lowest BCUT2D eigenvalue weighted by atomic mass is 10.1. The molecule has 0 aromatic carbocycles. The number of methoxy groups -OCH3 is 1. The fourth-order valence-corrected chi connectivity index (χ4v) is 1.65. The normalized spacial score (nSPS) is 21.2. The van der Waals surface area contributed by atoms with Gasteiger partial charge in [-0.3, -0.25) is 9.79 Å². The summed E-state index contributed by atoms with van der Waals surface area (Å²) in [4.78, 5) is 16.0. The number of fused-ring (bicyclic) bond motifs is 1. The molecule has 17 heavy (non-hydrogen) atoms. The van der Waals surface area contributed by atoms with Crippen LogP contribution in [-0.4, -0.2) is 35.5 Å². The molecule has 5 heteroatoms. The summed E-state index contributed by atoms with van der Waals surface area (Å²) >= 11 is 0. The molecule has 0 aromatic heterocycles. The van der Waals surface area contributed by atoms with Crippen LogP contribution in [0.5, 0.6) is 0 Å². The number of amidine groups is 1. The van der Waals surface area contributed by atoms with Gasteiger partial charge < -0.3 is 4.74 Å². The van der Waals surface area contributed by atoms with E-state index in [0.29, 0.717) is 17.2 Å². The Morgan fingerprint density at radius 3 is 2.76 bits per heavy atom. The van der Waals surface area contributed by atoms with Gasteiger partial charge in [0.15, 0.2) is 11.6 Å². The number of carbonyl (C=O) groups is 1. The molecule has 2 aliphatic rings. The molecule has 0 saturated heterocycles. The number of hydrazone groups is 1. The van der Waals surface area contributed by atoms with Crippen LogP contribution in [0.25, 0.3) is 0 Å². The molecule has 90 valence electrons. The molecule has 0 amide bonds. The van der Waals surface area contributed by atoms with Gasteiger partial charge in [-0.05, 0) is 20.8 Å². The van der Waals surface area contributed by atoms with Gasteiger partial charge in [-0.25, -0.2) is 5.01 Å². The highest BCUT2D eigenvalue weighted by atomic mass is 16.5. The quantitative estimate of drug-likeness (QED) is 0.726. The third-order valence-corrected chi connectivity index (χ3v) is 2.51. The number of aliphatic imine (C=N–C) groups is 1. The predicted octanol–water partition coefficient (Wildman–Crippen LogP) is 1.48. The first kappa shape index (κ1) is 11.6. The zero-order valence-electron chi connectivity index (χ0n) is 10.4. The van der Waals surface area contributed by atoms with Crippen LogP contribution in [0.3, 0.4) is 0 Å². The van der Waals surface area contributed by atoms with E-state index >= 15 is 0 Å². The number of nitrogens with zero attached hydrogens (tertiary/aromatic N) is 3. The molecule has 0 aliphatic carbocycles. The second-order valence-electron chi connectivity index (χ2n) is 4.52. The third-order valence-electron chi connectivity index (χ3n) is 2.51. The molecule has 2 heterocycles. The van der Waals surface area contributed by atoms with Crippen molar-refractivity contribution in [2.75, 3.05) is 7.11 Å². The Kier molecular flexibility index (Phi) is 2.61. The van der Waals surface area contributed by atoms with Crippen LogP contribution in [0.4, 0.5) is 0 Å². The van der Waals surface area contributed by atoms with E-state index in [1.54, 1.807) is 23.5 Å². The molecule has 2 aliphatic heterocycles. The minimum Gasteiger partial charge on any atom is -0.496 e. The van der Waals surface area contributed by atoms with Crippen molar-refractivity contribution in [1.29, 1.82) is 0 Å². The van der Waals surface area contributed by atoms with E-state index in [1.165, 1.54) is 14.0 Å². The zero-order chi connectivity index (χ0) is 12.6. The summed E-state index contributed by atoms with van der Waals surface area (Å²) in [6.07, 6.45) is 5.12. The van der Waals surface area contributed by atoms with E-state index in [-0.39, 0.29) is 11.3 Å². The van der Waals surface area contributed by atoms with Gasteiger partial charge >= 0.3 is 0 Å². The van der Waals surface area contributed by atoms with Crippen LogP contribution in [-0.2, 0) is 9.53 Å². The first-order valence-corrected chi connectivity index (χ1v) is 5.36. The zero-order valence-corrected chi connectivity index (χ0v) is 10.4. The van der Waals surface area contributed by atoms with Crippen molar-refractivity contribution in [3.63, 3.8) is 0 Å². The Hall–Kier alpha value is -1.91. The standard InChI is InChI=1S/C12H15N3O2/c1-8(16)9-6-15-11(5-10(9)17-4)14-12(2,3)7-13-15/h5-7H,1-4H3. The highest BCUT2D eigenvalue weighted by molar-refractivity contribution is 6.05. The van der Waals surface area contributed by atoms with Gasteiger partial charge in [0.05, 0.1) is 24.4 Å². The van der Waals surface area contributed by atoms with Crippen LogP contribution in [0, 0.1) is 0 Å². The smallest absolute Gasteiger partial charge is 0.165 e. The van der Waals surface area contributed by atoms with E-state index in [9.17, 15) is 4.79 Å². The van der Waals surface area contributed by atoms with Crippen molar-refractivity contribution in [2.45, 2.75) is 26.3 Å². The molecule has 0 atom stereocenters. The summed E-state index contributed by atoms with van der Waals surface area (Å²) < 4.78 is 5.19. The number of allylic oxidation sites excluding steroid dienone is 1. The highest BCUT2D eigenvalue weighted by Gasteiger charge is 2.27. The van der Waals surface area contributed by atoms with Gasteiger partial charge in [-0.15, -0.1) is 0 Å². The number of hydrogen-bond acceptors (Lipinski definition) is 5. The van der Waals surface area contributed by atoms with Crippen molar-refractivity contribution >= 4 is 17.8 Å². The van der Waals surface area contributed by atoms with Gasteiger partial charge in [0, 0.05) is 12.3 Å². The molecule has 0 fully saturated rings. The second kappa shape index (κ2) is 3.84. The van der Waals surface area contributed by atoms with Crippen molar-refractivity contribution < 1.29 is 9.53 Å². The Balaban J connectivity index is 2.44. The van der Waals surface area contributed by atoms with Crippen molar-refractivity contribution in [3.8, 4) is 0 Å². The van der Waals surface area contributed by atoms with E-state index in [0.717, 1.165) is 0 Å². The monoisotopic (exact) mass is 233 g/mol. The summed E-state index contributed by atoms with van der Waals surface area (Å²) in [6, 6.07) is 0. The molecule has 0 radical (unpaired) electrons. The van der Waals surface area contributed by atoms with Gasteiger partial charge in [0.2, 0.25) is 0 Å². The number of Topliss-reactive ketones (excluding diaryl/α,β-unsaturated/α-hetero) is 1. The largest absolute Gasteiger partial charge is 0.496 e. The lowest BCUT2D eigenvalue weighted by Crippen LogP contribution is -2.35. The predicted molar refractivity (Wildman–Crippen MR) is 65.7 cm³/mol. The maximum atomic E-state index is 11.5. The summed E-state index contributed by atoms with van der Waals surface area (Å²) in [5.74, 6) is 1.15. The second-order valence-corrected chi connectivity index (χ2v) is 4.52. The molecule has 0 aromatic rings. The number of ketones is 1. The Morgan fingerprint density at radius 1 is 1.47 bits per heavy atom. The van der Waals surface area contributed by atoms with E-state index in [4.69, 9.17) is 4.74 Å². The summed E-state index contributed by atoms with van der Waals surface area (Å²) in [7, 11) is 1.54. The third kappa shape index (κ3) is 2.13. The minimum absolute atomic E-state index is 0.0582. The fraction of sp³-hybridized carbons (Fsp3) is 0.417. The summed E-state index contributed by atoms with van der Waals surface area (Å²) in [6.45, 7) is 5.43. The van der Waals surface area contributed by atoms with Crippen LogP contribution < -0.4 is 0 Å². The van der Waals surface area contributed by atoms with Crippen LogP contribution in [0.1, 0.15) is 20.8 Å². The number of ether oxygens (including phenoxy) is 1.